The minimum Gasteiger partial charge on any atom is -0.354 e. The van der Waals surface area contributed by atoms with Gasteiger partial charge in [0.2, 0.25) is 11.8 Å². The van der Waals surface area contributed by atoms with Crippen molar-refractivity contribution in [3.63, 3.8) is 0 Å². The molecule has 30 heavy (non-hydrogen) atoms. The average Bonchev–Trinajstić information content (AvgIpc) is 2.67. The Morgan fingerprint density at radius 2 is 1.67 bits per heavy atom. The van der Waals surface area contributed by atoms with E-state index < -0.39 is 6.04 Å². The standard InChI is InChI=1S/C24H30Cl2N2O2/c1-5-6-9-27-24(30)18(4)28(15-19-7-8-21(25)22(26)13-19)23(29)14-20-11-16(2)10-17(3)12-20/h7-8,10-13,18H,5-6,9,14-15H2,1-4H3,(H,27,30). The predicted octanol–water partition coefficient (Wildman–Crippen LogP) is 5.49. The molecule has 6 heteroatoms. The molecule has 2 amide bonds. The summed E-state index contributed by atoms with van der Waals surface area (Å²) in [7, 11) is 0. The molecule has 0 aliphatic carbocycles. The van der Waals surface area contributed by atoms with Crippen LogP contribution in [0.5, 0.6) is 0 Å². The molecule has 1 unspecified atom stereocenters. The van der Waals surface area contributed by atoms with E-state index >= 15 is 0 Å². The van der Waals surface area contributed by atoms with Crippen molar-refractivity contribution in [3.8, 4) is 0 Å². The maximum Gasteiger partial charge on any atom is 0.242 e. The van der Waals surface area contributed by atoms with Crippen molar-refractivity contribution in [1.29, 1.82) is 0 Å². The minimum absolute atomic E-state index is 0.107. The van der Waals surface area contributed by atoms with Crippen molar-refractivity contribution in [1.82, 2.24) is 10.2 Å². The maximum absolute atomic E-state index is 13.3. The molecule has 2 rings (SSSR count). The third kappa shape index (κ3) is 7.03. The number of nitrogens with one attached hydrogen (secondary N) is 1. The van der Waals surface area contributed by atoms with Crippen molar-refractivity contribution in [2.75, 3.05) is 6.54 Å². The van der Waals surface area contributed by atoms with Gasteiger partial charge in [-0.1, -0.05) is 71.9 Å². The lowest BCUT2D eigenvalue weighted by Crippen LogP contribution is -2.48. The van der Waals surface area contributed by atoms with Crippen LogP contribution in [0.25, 0.3) is 0 Å². The van der Waals surface area contributed by atoms with Crippen LogP contribution in [-0.4, -0.2) is 29.3 Å². The molecule has 0 aliphatic rings. The van der Waals surface area contributed by atoms with Crippen molar-refractivity contribution >= 4 is 35.0 Å². The van der Waals surface area contributed by atoms with E-state index in [-0.39, 0.29) is 24.8 Å². The molecular weight excluding hydrogens is 419 g/mol. The lowest BCUT2D eigenvalue weighted by molar-refractivity contribution is -0.140. The molecule has 4 nitrogen and oxygen atoms in total. The van der Waals surface area contributed by atoms with Crippen LogP contribution in [0, 0.1) is 13.8 Å². The van der Waals surface area contributed by atoms with Crippen molar-refractivity contribution < 1.29 is 9.59 Å². The summed E-state index contributed by atoms with van der Waals surface area (Å²) in [6.45, 7) is 8.74. The molecule has 0 bridgehead atoms. The largest absolute Gasteiger partial charge is 0.354 e. The third-order valence-electron chi connectivity index (χ3n) is 4.97. The predicted molar refractivity (Wildman–Crippen MR) is 124 cm³/mol. The number of hydrogen-bond donors (Lipinski definition) is 1. The summed E-state index contributed by atoms with van der Waals surface area (Å²) in [4.78, 5) is 27.5. The Bertz CT molecular complexity index is 879. The molecule has 162 valence electrons. The van der Waals surface area contributed by atoms with E-state index in [1.165, 1.54) is 0 Å². The van der Waals surface area contributed by atoms with Gasteiger partial charge in [0.25, 0.3) is 0 Å². The smallest absolute Gasteiger partial charge is 0.242 e. The number of hydrogen-bond acceptors (Lipinski definition) is 2. The minimum atomic E-state index is -0.602. The lowest BCUT2D eigenvalue weighted by atomic mass is 10.0. The highest BCUT2D eigenvalue weighted by molar-refractivity contribution is 6.42. The number of halogens is 2. The molecule has 2 aromatic carbocycles. The summed E-state index contributed by atoms with van der Waals surface area (Å²) in [6.07, 6.45) is 2.13. The average molecular weight is 449 g/mol. The fraction of sp³-hybridized carbons (Fsp3) is 0.417. The molecule has 0 radical (unpaired) electrons. The highest BCUT2D eigenvalue weighted by Gasteiger charge is 2.26. The number of aryl methyl sites for hydroxylation is 2. The summed E-state index contributed by atoms with van der Waals surface area (Å²) < 4.78 is 0. The normalized spacial score (nSPS) is 11.8. The molecule has 0 spiro atoms. The highest BCUT2D eigenvalue weighted by Crippen LogP contribution is 2.24. The number of nitrogens with zero attached hydrogens (tertiary/aromatic N) is 1. The van der Waals surface area contributed by atoms with Gasteiger partial charge in [-0.3, -0.25) is 9.59 Å². The molecule has 0 fully saturated rings. The van der Waals surface area contributed by atoms with Gasteiger partial charge in [0, 0.05) is 13.1 Å². The Balaban J connectivity index is 2.25. The fourth-order valence-electron chi connectivity index (χ4n) is 3.40. The first-order valence-electron chi connectivity index (χ1n) is 10.3. The zero-order valence-electron chi connectivity index (χ0n) is 18.1. The first-order valence-corrected chi connectivity index (χ1v) is 11.0. The van der Waals surface area contributed by atoms with Crippen LogP contribution in [0.3, 0.4) is 0 Å². The Labute approximate surface area is 189 Å². The number of carbonyl (C=O) groups is 2. The van der Waals surface area contributed by atoms with Gasteiger partial charge in [0.1, 0.15) is 6.04 Å². The first-order chi connectivity index (χ1) is 14.2. The van der Waals surface area contributed by atoms with E-state index in [2.05, 4.69) is 18.3 Å². The molecule has 0 saturated carbocycles. The van der Waals surface area contributed by atoms with E-state index in [0.29, 0.717) is 16.6 Å². The van der Waals surface area contributed by atoms with Gasteiger partial charge in [-0.05, 0) is 50.5 Å². The molecule has 0 aliphatic heterocycles. The molecule has 2 aromatic rings. The topological polar surface area (TPSA) is 49.4 Å². The SMILES string of the molecule is CCCCNC(=O)C(C)N(Cc1ccc(Cl)c(Cl)c1)C(=O)Cc1cc(C)cc(C)c1. The van der Waals surface area contributed by atoms with E-state index in [1.807, 2.05) is 32.0 Å². The van der Waals surface area contributed by atoms with Gasteiger partial charge < -0.3 is 10.2 Å². The van der Waals surface area contributed by atoms with Gasteiger partial charge in [0.15, 0.2) is 0 Å². The van der Waals surface area contributed by atoms with Crippen molar-refractivity contribution in [3.05, 3.63) is 68.7 Å². The van der Waals surface area contributed by atoms with Gasteiger partial charge in [-0.25, -0.2) is 0 Å². The summed E-state index contributed by atoms with van der Waals surface area (Å²) in [6, 6.07) is 10.8. The van der Waals surface area contributed by atoms with Crippen LogP contribution in [-0.2, 0) is 22.6 Å². The number of amides is 2. The third-order valence-corrected chi connectivity index (χ3v) is 5.71. The van der Waals surface area contributed by atoms with Crippen LogP contribution >= 0.6 is 23.2 Å². The van der Waals surface area contributed by atoms with E-state index in [0.717, 1.165) is 35.1 Å². The molecule has 1 atom stereocenters. The quantitative estimate of drug-likeness (QED) is 0.515. The van der Waals surface area contributed by atoms with E-state index in [9.17, 15) is 9.59 Å². The highest BCUT2D eigenvalue weighted by atomic mass is 35.5. The number of carbonyl (C=O) groups excluding carboxylic acids is 2. The Morgan fingerprint density at radius 3 is 2.27 bits per heavy atom. The molecule has 1 N–H and O–H groups in total. The van der Waals surface area contributed by atoms with Crippen molar-refractivity contribution in [2.45, 2.75) is 59.5 Å². The lowest BCUT2D eigenvalue weighted by Gasteiger charge is -2.29. The van der Waals surface area contributed by atoms with Crippen LogP contribution in [0.15, 0.2) is 36.4 Å². The van der Waals surface area contributed by atoms with Crippen LogP contribution in [0.4, 0.5) is 0 Å². The number of unbranched alkanes of at least 4 members (excludes halogenated alkanes) is 1. The molecule has 0 heterocycles. The number of rotatable bonds is 9. The van der Waals surface area contributed by atoms with Crippen molar-refractivity contribution in [2.24, 2.45) is 0 Å². The summed E-state index contributed by atoms with van der Waals surface area (Å²) in [5.41, 5.74) is 3.99. The van der Waals surface area contributed by atoms with Crippen LogP contribution in [0.2, 0.25) is 10.0 Å². The van der Waals surface area contributed by atoms with Gasteiger partial charge in [-0.15, -0.1) is 0 Å². The van der Waals surface area contributed by atoms with Gasteiger partial charge in [-0.2, -0.15) is 0 Å². The van der Waals surface area contributed by atoms with Gasteiger partial charge in [0.05, 0.1) is 16.5 Å². The van der Waals surface area contributed by atoms with Crippen LogP contribution in [0.1, 0.15) is 48.9 Å². The Hall–Kier alpha value is -2.04. The summed E-state index contributed by atoms with van der Waals surface area (Å²) in [5.74, 6) is -0.263. The Kier molecular flexibility index (Phi) is 9.19. The van der Waals surface area contributed by atoms with E-state index in [1.54, 1.807) is 24.0 Å². The fourth-order valence-corrected chi connectivity index (χ4v) is 3.72. The zero-order chi connectivity index (χ0) is 22.3. The van der Waals surface area contributed by atoms with Gasteiger partial charge >= 0.3 is 0 Å². The summed E-state index contributed by atoms with van der Waals surface area (Å²) >= 11 is 12.2. The van der Waals surface area contributed by atoms with Crippen LogP contribution < -0.4 is 5.32 Å². The Morgan fingerprint density at radius 1 is 1.00 bits per heavy atom. The maximum atomic E-state index is 13.3. The molecule has 0 saturated heterocycles. The second-order valence-electron chi connectivity index (χ2n) is 7.76. The van der Waals surface area contributed by atoms with E-state index in [4.69, 9.17) is 23.2 Å². The first kappa shape index (κ1) is 24.2. The monoisotopic (exact) mass is 448 g/mol. The second kappa shape index (κ2) is 11.4. The molecule has 0 aromatic heterocycles. The summed E-state index contributed by atoms with van der Waals surface area (Å²) in [5, 5.41) is 3.81. The zero-order valence-corrected chi connectivity index (χ0v) is 19.6. The number of benzene rings is 2. The second-order valence-corrected chi connectivity index (χ2v) is 8.58. The molecular formula is C24H30Cl2N2O2.